The van der Waals surface area contributed by atoms with Crippen LogP contribution in [0.4, 0.5) is 0 Å². The number of hydrogen-bond donors (Lipinski definition) is 1. The summed E-state index contributed by atoms with van der Waals surface area (Å²) < 4.78 is 5.85. The smallest absolute Gasteiger partial charge is 0.119 e. The van der Waals surface area contributed by atoms with E-state index in [1.165, 1.54) is 31.5 Å². The number of rotatable bonds is 7. The lowest BCUT2D eigenvalue weighted by atomic mass is 10.0. The van der Waals surface area contributed by atoms with E-state index in [1.807, 2.05) is 7.05 Å². The molecule has 4 nitrogen and oxygen atoms in total. The zero-order chi connectivity index (χ0) is 15.1. The summed E-state index contributed by atoms with van der Waals surface area (Å²) in [6, 6.07) is 9.06. The van der Waals surface area contributed by atoms with E-state index in [2.05, 4.69) is 53.5 Å². The molecule has 1 aliphatic rings. The van der Waals surface area contributed by atoms with Gasteiger partial charge in [-0.25, -0.2) is 0 Å². The molecule has 21 heavy (non-hydrogen) atoms. The van der Waals surface area contributed by atoms with Crippen LogP contribution >= 0.6 is 0 Å². The molecule has 1 saturated heterocycles. The fourth-order valence-electron chi connectivity index (χ4n) is 2.83. The van der Waals surface area contributed by atoms with Gasteiger partial charge in [0.15, 0.2) is 0 Å². The summed E-state index contributed by atoms with van der Waals surface area (Å²) in [6.45, 7) is 5.07. The molecule has 1 fully saturated rings. The maximum Gasteiger partial charge on any atom is 0.119 e. The van der Waals surface area contributed by atoms with Crippen LogP contribution in [-0.4, -0.2) is 63.2 Å². The van der Waals surface area contributed by atoms with Crippen molar-refractivity contribution in [1.29, 1.82) is 0 Å². The Balaban J connectivity index is 1.68. The van der Waals surface area contributed by atoms with Crippen molar-refractivity contribution in [2.75, 3.05) is 47.4 Å². The number of benzene rings is 1. The van der Waals surface area contributed by atoms with E-state index in [0.29, 0.717) is 6.04 Å². The topological polar surface area (TPSA) is 27.7 Å². The van der Waals surface area contributed by atoms with Crippen molar-refractivity contribution in [3.63, 3.8) is 0 Å². The molecule has 1 aliphatic heterocycles. The molecule has 0 aromatic heterocycles. The average molecular weight is 291 g/mol. The quantitative estimate of drug-likeness (QED) is 0.829. The third-order valence-corrected chi connectivity index (χ3v) is 4.33. The summed E-state index contributed by atoms with van der Waals surface area (Å²) in [7, 11) is 6.38. The van der Waals surface area contributed by atoms with Gasteiger partial charge >= 0.3 is 0 Å². The van der Waals surface area contributed by atoms with Crippen LogP contribution in [0.15, 0.2) is 24.3 Å². The van der Waals surface area contributed by atoms with Gasteiger partial charge in [0.1, 0.15) is 12.4 Å². The summed E-state index contributed by atoms with van der Waals surface area (Å²) in [5.41, 5.74) is 1.29. The number of nitrogens with zero attached hydrogens (tertiary/aromatic N) is 2. The Morgan fingerprint density at radius 3 is 2.52 bits per heavy atom. The normalized spacial score (nSPS) is 17.3. The van der Waals surface area contributed by atoms with Crippen molar-refractivity contribution >= 4 is 0 Å². The number of likely N-dealkylation sites (N-methyl/N-ethyl adjacent to an activating group) is 1. The van der Waals surface area contributed by atoms with Crippen LogP contribution in [0.3, 0.4) is 0 Å². The van der Waals surface area contributed by atoms with E-state index < -0.39 is 0 Å². The zero-order valence-corrected chi connectivity index (χ0v) is 13.6. The zero-order valence-electron chi connectivity index (χ0n) is 13.6. The summed E-state index contributed by atoms with van der Waals surface area (Å²) in [5, 5.41) is 3.15. The molecule has 1 heterocycles. The van der Waals surface area contributed by atoms with Gasteiger partial charge in [0.25, 0.3) is 0 Å². The van der Waals surface area contributed by atoms with Gasteiger partial charge < -0.3 is 15.0 Å². The number of hydrogen-bond acceptors (Lipinski definition) is 4. The second kappa shape index (κ2) is 8.37. The Labute approximate surface area is 129 Å². The minimum atomic E-state index is 0.711. The van der Waals surface area contributed by atoms with Crippen molar-refractivity contribution in [3.8, 4) is 5.75 Å². The summed E-state index contributed by atoms with van der Waals surface area (Å²) in [6.07, 6.45) is 2.54. The molecular weight excluding hydrogens is 262 g/mol. The molecule has 0 bridgehead atoms. The first-order valence-corrected chi connectivity index (χ1v) is 7.94. The van der Waals surface area contributed by atoms with Gasteiger partial charge in [-0.05, 0) is 64.8 Å². The molecule has 0 spiro atoms. The standard InChI is InChI=1S/C17H29N3O/c1-18-14-15-4-6-17(7-5-15)21-13-12-20(3)16-8-10-19(2)11-9-16/h4-7,16,18H,8-14H2,1-3H3. The molecule has 118 valence electrons. The fourth-order valence-corrected chi connectivity index (χ4v) is 2.83. The van der Waals surface area contributed by atoms with E-state index in [0.717, 1.165) is 25.4 Å². The lowest BCUT2D eigenvalue weighted by Crippen LogP contribution is -2.43. The van der Waals surface area contributed by atoms with Crippen LogP contribution in [0.25, 0.3) is 0 Å². The molecule has 1 N–H and O–H groups in total. The Hall–Kier alpha value is -1.10. The highest BCUT2D eigenvalue weighted by Gasteiger charge is 2.20. The second-order valence-electron chi connectivity index (χ2n) is 6.04. The lowest BCUT2D eigenvalue weighted by Gasteiger charge is -2.35. The highest BCUT2D eigenvalue weighted by Crippen LogP contribution is 2.15. The maximum absolute atomic E-state index is 5.85. The highest BCUT2D eigenvalue weighted by molar-refractivity contribution is 5.27. The van der Waals surface area contributed by atoms with Gasteiger partial charge in [-0.3, -0.25) is 4.90 Å². The minimum Gasteiger partial charge on any atom is -0.492 e. The predicted octanol–water partition coefficient (Wildman–Crippen LogP) is 1.81. The van der Waals surface area contributed by atoms with Crippen molar-refractivity contribution in [2.45, 2.75) is 25.4 Å². The molecule has 1 aromatic carbocycles. The van der Waals surface area contributed by atoms with E-state index in [1.54, 1.807) is 0 Å². The largest absolute Gasteiger partial charge is 0.492 e. The Morgan fingerprint density at radius 2 is 1.90 bits per heavy atom. The summed E-state index contributed by atoms with van der Waals surface area (Å²) in [4.78, 5) is 4.86. The number of piperidine rings is 1. The molecule has 0 aliphatic carbocycles. The third-order valence-electron chi connectivity index (χ3n) is 4.33. The van der Waals surface area contributed by atoms with Crippen LogP contribution in [0.1, 0.15) is 18.4 Å². The van der Waals surface area contributed by atoms with E-state index in [4.69, 9.17) is 4.74 Å². The van der Waals surface area contributed by atoms with Crippen LogP contribution in [0, 0.1) is 0 Å². The van der Waals surface area contributed by atoms with Crippen molar-refractivity contribution < 1.29 is 4.74 Å². The molecule has 0 radical (unpaired) electrons. The van der Waals surface area contributed by atoms with Crippen LogP contribution < -0.4 is 10.1 Å². The average Bonchev–Trinajstić information content (AvgIpc) is 2.50. The highest BCUT2D eigenvalue weighted by atomic mass is 16.5. The van der Waals surface area contributed by atoms with Gasteiger partial charge in [0, 0.05) is 19.1 Å². The summed E-state index contributed by atoms with van der Waals surface area (Å²) >= 11 is 0. The first-order chi connectivity index (χ1) is 10.2. The third kappa shape index (κ3) is 5.30. The summed E-state index contributed by atoms with van der Waals surface area (Å²) in [5.74, 6) is 0.964. The van der Waals surface area contributed by atoms with Gasteiger partial charge in [-0.2, -0.15) is 0 Å². The molecule has 2 rings (SSSR count). The van der Waals surface area contributed by atoms with E-state index >= 15 is 0 Å². The van der Waals surface area contributed by atoms with E-state index in [-0.39, 0.29) is 0 Å². The first-order valence-electron chi connectivity index (χ1n) is 7.94. The Kier molecular flexibility index (Phi) is 6.49. The van der Waals surface area contributed by atoms with Gasteiger partial charge in [0.05, 0.1) is 0 Å². The number of ether oxygens (including phenoxy) is 1. The van der Waals surface area contributed by atoms with Crippen LogP contribution in [-0.2, 0) is 6.54 Å². The molecule has 0 amide bonds. The molecule has 0 atom stereocenters. The van der Waals surface area contributed by atoms with Crippen molar-refractivity contribution in [2.24, 2.45) is 0 Å². The van der Waals surface area contributed by atoms with E-state index in [9.17, 15) is 0 Å². The van der Waals surface area contributed by atoms with Crippen molar-refractivity contribution in [1.82, 2.24) is 15.1 Å². The molecule has 1 aromatic rings. The van der Waals surface area contributed by atoms with Crippen LogP contribution in [0.5, 0.6) is 5.75 Å². The molecule has 4 heteroatoms. The lowest BCUT2D eigenvalue weighted by molar-refractivity contribution is 0.127. The monoisotopic (exact) mass is 291 g/mol. The van der Waals surface area contributed by atoms with Gasteiger partial charge in [-0.1, -0.05) is 12.1 Å². The molecule has 0 saturated carbocycles. The first kappa shape index (κ1) is 16.3. The minimum absolute atomic E-state index is 0.711. The molecular formula is C17H29N3O. The number of likely N-dealkylation sites (tertiary alicyclic amines) is 1. The maximum atomic E-state index is 5.85. The Bertz CT molecular complexity index is 399. The SMILES string of the molecule is CNCc1ccc(OCCN(C)C2CCN(C)CC2)cc1. The van der Waals surface area contributed by atoms with Crippen LogP contribution in [0.2, 0.25) is 0 Å². The van der Waals surface area contributed by atoms with Gasteiger partial charge in [0.2, 0.25) is 0 Å². The number of nitrogens with one attached hydrogen (secondary N) is 1. The Morgan fingerprint density at radius 1 is 1.24 bits per heavy atom. The second-order valence-corrected chi connectivity index (χ2v) is 6.04. The molecule has 0 unspecified atom stereocenters. The fraction of sp³-hybridized carbons (Fsp3) is 0.647. The predicted molar refractivity (Wildman–Crippen MR) is 87.8 cm³/mol. The van der Waals surface area contributed by atoms with Gasteiger partial charge in [-0.15, -0.1) is 0 Å². The van der Waals surface area contributed by atoms with Crippen molar-refractivity contribution in [3.05, 3.63) is 29.8 Å².